The van der Waals surface area contributed by atoms with E-state index in [-0.39, 0.29) is 44.6 Å². The molecule has 1 unspecified atom stereocenters. The van der Waals surface area contributed by atoms with Crippen LogP contribution < -0.4 is 34.3 Å². The first-order chi connectivity index (χ1) is 8.58. The van der Waals surface area contributed by atoms with E-state index in [2.05, 4.69) is 43.6 Å². The third-order valence-corrected chi connectivity index (χ3v) is 3.72. The average molecular weight is 457 g/mol. The largest absolute Gasteiger partial charge is 1.00 e. The van der Waals surface area contributed by atoms with Gasteiger partial charge in [-0.3, -0.25) is 0 Å². The first-order valence-electron chi connectivity index (χ1n) is 5.38. The quantitative estimate of drug-likeness (QED) is 0.504. The predicted octanol–water partition coefficient (Wildman–Crippen LogP) is -0.378. The summed E-state index contributed by atoms with van der Waals surface area (Å²) in [6.45, 7) is 1.95. The summed E-state index contributed by atoms with van der Waals surface area (Å²) in [7, 11) is 0. The number of hydrogen-bond acceptors (Lipinski definition) is 3. The summed E-state index contributed by atoms with van der Waals surface area (Å²) in [5.74, 6) is 0.696. The summed E-state index contributed by atoms with van der Waals surface area (Å²) in [4.78, 5) is 0. The number of aliphatic hydroxyl groups is 1. The molecule has 4 nitrogen and oxygen atoms in total. The van der Waals surface area contributed by atoms with Crippen molar-refractivity contribution < 1.29 is 39.4 Å². The zero-order valence-corrected chi connectivity index (χ0v) is 17.0. The molecule has 0 aliphatic heterocycles. The van der Waals surface area contributed by atoms with Crippen LogP contribution in [-0.2, 0) is 0 Å². The molecule has 0 saturated carbocycles. The van der Waals surface area contributed by atoms with Crippen LogP contribution in [0.2, 0.25) is 0 Å². The van der Waals surface area contributed by atoms with Crippen molar-refractivity contribution in [2.45, 2.75) is 13.0 Å². The Morgan fingerprint density at radius 3 is 2.75 bits per heavy atom. The topological polar surface area (TPSA) is 47.3 Å². The zero-order valence-electron chi connectivity index (χ0n) is 11.3. The van der Waals surface area contributed by atoms with E-state index in [9.17, 15) is 5.11 Å². The van der Waals surface area contributed by atoms with E-state index in [0.717, 1.165) is 13.7 Å². The van der Waals surface area contributed by atoms with Gasteiger partial charge in [0, 0.05) is 22.0 Å². The van der Waals surface area contributed by atoms with Gasteiger partial charge in [0.05, 0.1) is 16.3 Å². The maximum absolute atomic E-state index is 9.25. The average Bonchev–Trinajstić information content (AvgIpc) is 2.81. The Balaban J connectivity index is 0.00000180. The minimum atomic E-state index is -0.496. The van der Waals surface area contributed by atoms with Crippen LogP contribution in [0.15, 0.2) is 35.1 Å². The number of benzene rings is 1. The molecule has 100 valence electrons. The van der Waals surface area contributed by atoms with Crippen molar-refractivity contribution in [2.24, 2.45) is 0 Å². The Bertz CT molecular complexity index is 541. The van der Waals surface area contributed by atoms with Crippen molar-refractivity contribution in [1.29, 1.82) is 0 Å². The van der Waals surface area contributed by atoms with Crippen molar-refractivity contribution in [3.8, 4) is 11.4 Å². The third kappa shape index (κ3) is 5.34. The first kappa shape index (κ1) is 20.5. The molecule has 2 aromatic rings. The van der Waals surface area contributed by atoms with Crippen molar-refractivity contribution >= 4 is 46.9 Å². The number of aromatic nitrogens is 2. The maximum atomic E-state index is 9.25. The molecule has 2 rings (SSSR count). The molecule has 1 N–H and O–H groups in total. The first-order valence-corrected chi connectivity index (χ1v) is 7.25. The van der Waals surface area contributed by atoms with Gasteiger partial charge in [-0.1, -0.05) is 0 Å². The van der Waals surface area contributed by atoms with Gasteiger partial charge in [-0.2, -0.15) is 5.10 Å². The van der Waals surface area contributed by atoms with Gasteiger partial charge in [0.25, 0.3) is 0 Å². The second-order valence-corrected chi connectivity index (χ2v) is 5.86. The van der Waals surface area contributed by atoms with Crippen LogP contribution in [0.1, 0.15) is 6.92 Å². The van der Waals surface area contributed by atoms with Crippen LogP contribution in [0.3, 0.4) is 0 Å². The molecule has 0 aliphatic rings. The van der Waals surface area contributed by atoms with E-state index >= 15 is 0 Å². The molecule has 0 saturated heterocycles. The van der Waals surface area contributed by atoms with Gasteiger partial charge in [-0.05, 0) is 57.6 Å². The van der Waals surface area contributed by atoms with Crippen LogP contribution in [0.25, 0.3) is 5.69 Å². The fourth-order valence-electron chi connectivity index (χ4n) is 1.43. The molecule has 0 bridgehead atoms. The molecule has 0 spiro atoms. The van der Waals surface area contributed by atoms with Gasteiger partial charge in [-0.25, -0.2) is 4.68 Å². The summed E-state index contributed by atoms with van der Waals surface area (Å²) in [5.41, 5.74) is 0.949. The monoisotopic (exact) mass is 456 g/mol. The van der Waals surface area contributed by atoms with Gasteiger partial charge >= 0.3 is 29.6 Å². The van der Waals surface area contributed by atoms with Crippen molar-refractivity contribution in [1.82, 2.24) is 9.78 Å². The molecule has 0 fully saturated rings. The number of aliphatic hydroxyl groups excluding tert-OH is 1. The van der Waals surface area contributed by atoms with Crippen LogP contribution in [0.5, 0.6) is 5.75 Å². The van der Waals surface area contributed by atoms with Crippen LogP contribution in [-0.4, -0.2) is 36.0 Å². The minimum Gasteiger partial charge on any atom is -1.00 e. The third-order valence-electron chi connectivity index (χ3n) is 2.23. The summed E-state index contributed by atoms with van der Waals surface area (Å²) in [6, 6.07) is 5.74. The Morgan fingerprint density at radius 2 is 2.20 bits per heavy atom. The van der Waals surface area contributed by atoms with Crippen molar-refractivity contribution in [3.05, 3.63) is 38.6 Å². The minimum absolute atomic E-state index is 0. The maximum Gasteiger partial charge on any atom is 1.00 e. The van der Waals surface area contributed by atoms with Crippen LogP contribution in [0.4, 0.5) is 0 Å². The van der Waals surface area contributed by atoms with E-state index in [1.165, 1.54) is 0 Å². The predicted molar refractivity (Wildman–Crippen MR) is 86.9 cm³/mol. The molecule has 1 heterocycles. The molecule has 20 heavy (non-hydrogen) atoms. The van der Waals surface area contributed by atoms with E-state index in [0.29, 0.717) is 5.75 Å². The summed E-state index contributed by atoms with van der Waals surface area (Å²) in [6.07, 6.45) is 3.11. The van der Waals surface area contributed by atoms with Gasteiger partial charge in [0.15, 0.2) is 0 Å². The molecule has 0 aliphatic carbocycles. The zero-order chi connectivity index (χ0) is 13.1. The number of halogens is 2. The molecule has 1 aromatic heterocycles. The second-order valence-electron chi connectivity index (χ2n) is 3.84. The van der Waals surface area contributed by atoms with Gasteiger partial charge in [0.2, 0.25) is 0 Å². The molecular formula is C12H12BBrIN2NaO2. The normalized spacial score (nSPS) is 11.2. The second kappa shape index (κ2) is 9.48. The standard InChI is InChI=1S/C12H12BrIN2O2.B.Na/c1-8(17)7-18-12-6-11(10(14)5-9(12)13)16-4-2-3-15-16;;/h2-6,8,17H,7H2,1H3;;/q;-1;+1. The Hall–Kier alpha value is 0.465. The van der Waals surface area contributed by atoms with E-state index < -0.39 is 6.10 Å². The molecule has 4 radical (unpaired) electrons. The van der Waals surface area contributed by atoms with Gasteiger partial charge < -0.3 is 18.3 Å². The SMILES string of the molecule is CC(O)COc1cc(-n2cccn2)c(I)cc1Br.[B-].[Na+]. The fourth-order valence-corrected chi connectivity index (χ4v) is 3.03. The molecular weight excluding hydrogens is 445 g/mol. The summed E-state index contributed by atoms with van der Waals surface area (Å²) < 4.78 is 9.26. The van der Waals surface area contributed by atoms with Gasteiger partial charge in [0.1, 0.15) is 12.4 Å². The van der Waals surface area contributed by atoms with Gasteiger partial charge in [-0.15, -0.1) is 0 Å². The summed E-state index contributed by atoms with van der Waals surface area (Å²) >= 11 is 5.70. The van der Waals surface area contributed by atoms with Crippen LogP contribution >= 0.6 is 38.5 Å². The number of ether oxygens (including phenoxy) is 1. The molecule has 0 amide bonds. The Kier molecular flexibility index (Phi) is 9.70. The molecule has 8 heteroatoms. The molecule has 1 aromatic carbocycles. The smallest absolute Gasteiger partial charge is 1.00 e. The van der Waals surface area contributed by atoms with Crippen molar-refractivity contribution in [2.75, 3.05) is 6.61 Å². The number of nitrogens with zero attached hydrogens (tertiary/aromatic N) is 2. The number of rotatable bonds is 4. The molecule has 1 atom stereocenters. The van der Waals surface area contributed by atoms with E-state index in [4.69, 9.17) is 4.74 Å². The van der Waals surface area contributed by atoms with E-state index in [1.54, 1.807) is 17.8 Å². The Labute approximate surface area is 164 Å². The fraction of sp³-hybridized carbons (Fsp3) is 0.250. The van der Waals surface area contributed by atoms with E-state index in [1.807, 2.05) is 24.4 Å². The number of hydrogen-bond donors (Lipinski definition) is 1. The van der Waals surface area contributed by atoms with Crippen LogP contribution in [0, 0.1) is 3.57 Å². The summed E-state index contributed by atoms with van der Waals surface area (Å²) in [5, 5.41) is 13.5. The Morgan fingerprint density at radius 1 is 1.50 bits per heavy atom. The van der Waals surface area contributed by atoms with Crippen molar-refractivity contribution in [3.63, 3.8) is 0 Å².